The van der Waals surface area contributed by atoms with E-state index in [-0.39, 0.29) is 17.1 Å². The first-order chi connectivity index (χ1) is 6.90. The van der Waals surface area contributed by atoms with Gasteiger partial charge in [-0.05, 0) is 37.7 Å². The first kappa shape index (κ1) is 12.2. The standard InChI is InChI=1S/C13H20O2/c1-9-8-13(3,4)11(6-5-7-14)12(15)10(9)2/h7,11H,5-6,8H2,1-4H3. The molecule has 0 heterocycles. The molecule has 0 bridgehead atoms. The molecule has 0 saturated heterocycles. The normalized spacial score (nSPS) is 25.6. The summed E-state index contributed by atoms with van der Waals surface area (Å²) in [5, 5.41) is 0. The van der Waals surface area contributed by atoms with Gasteiger partial charge in [0.15, 0.2) is 5.78 Å². The molecule has 1 aliphatic carbocycles. The lowest BCUT2D eigenvalue weighted by molar-refractivity contribution is -0.124. The van der Waals surface area contributed by atoms with Gasteiger partial charge in [0, 0.05) is 12.3 Å². The van der Waals surface area contributed by atoms with Crippen LogP contribution in [-0.4, -0.2) is 12.1 Å². The van der Waals surface area contributed by atoms with Crippen LogP contribution in [0.25, 0.3) is 0 Å². The van der Waals surface area contributed by atoms with Crippen LogP contribution in [0.15, 0.2) is 11.1 Å². The number of aldehydes is 1. The predicted octanol–water partition coefficient (Wildman–Crippen LogP) is 2.92. The van der Waals surface area contributed by atoms with Crippen molar-refractivity contribution in [3.8, 4) is 0 Å². The molecule has 0 N–H and O–H groups in total. The Labute approximate surface area is 91.7 Å². The first-order valence-corrected chi connectivity index (χ1v) is 5.54. The molecule has 0 aromatic carbocycles. The van der Waals surface area contributed by atoms with Crippen LogP contribution in [0.4, 0.5) is 0 Å². The van der Waals surface area contributed by atoms with Crippen LogP contribution >= 0.6 is 0 Å². The number of Topliss-reactive ketones (excluding diaryl/α,β-unsaturated/α-hetero) is 1. The smallest absolute Gasteiger partial charge is 0.162 e. The molecule has 0 fully saturated rings. The summed E-state index contributed by atoms with van der Waals surface area (Å²) in [5.74, 6) is 0.261. The van der Waals surface area contributed by atoms with E-state index in [1.807, 2.05) is 13.8 Å². The molecule has 15 heavy (non-hydrogen) atoms. The molecule has 0 aromatic rings. The number of allylic oxidation sites excluding steroid dienone is 2. The van der Waals surface area contributed by atoms with Crippen molar-refractivity contribution in [1.29, 1.82) is 0 Å². The second kappa shape index (κ2) is 4.30. The lowest BCUT2D eigenvalue weighted by atomic mass is 9.65. The Morgan fingerprint density at radius 1 is 1.40 bits per heavy atom. The molecular formula is C13H20O2. The van der Waals surface area contributed by atoms with E-state index >= 15 is 0 Å². The molecule has 84 valence electrons. The van der Waals surface area contributed by atoms with Gasteiger partial charge in [-0.1, -0.05) is 19.4 Å². The fourth-order valence-corrected chi connectivity index (χ4v) is 2.52. The Morgan fingerprint density at radius 2 is 2.00 bits per heavy atom. The van der Waals surface area contributed by atoms with E-state index in [1.165, 1.54) is 5.57 Å². The van der Waals surface area contributed by atoms with E-state index < -0.39 is 0 Å². The van der Waals surface area contributed by atoms with Crippen molar-refractivity contribution in [2.45, 2.75) is 47.0 Å². The zero-order valence-corrected chi connectivity index (χ0v) is 10.1. The van der Waals surface area contributed by atoms with Gasteiger partial charge in [-0.3, -0.25) is 4.79 Å². The highest BCUT2D eigenvalue weighted by Crippen LogP contribution is 2.43. The second-order valence-electron chi connectivity index (χ2n) is 5.23. The van der Waals surface area contributed by atoms with Crippen molar-refractivity contribution in [3.05, 3.63) is 11.1 Å². The molecule has 1 unspecified atom stereocenters. The van der Waals surface area contributed by atoms with Gasteiger partial charge in [0.05, 0.1) is 0 Å². The van der Waals surface area contributed by atoms with E-state index in [2.05, 4.69) is 13.8 Å². The predicted molar refractivity (Wildman–Crippen MR) is 60.6 cm³/mol. The Balaban J connectivity index is 2.94. The molecule has 1 atom stereocenters. The van der Waals surface area contributed by atoms with Gasteiger partial charge in [-0.2, -0.15) is 0 Å². The minimum atomic E-state index is 0.00366. The quantitative estimate of drug-likeness (QED) is 0.668. The van der Waals surface area contributed by atoms with Crippen molar-refractivity contribution >= 4 is 12.1 Å². The third-order valence-electron chi connectivity index (χ3n) is 3.56. The SMILES string of the molecule is CC1=C(C)C(=O)C(CCC=O)C(C)(C)C1. The highest BCUT2D eigenvalue weighted by atomic mass is 16.1. The van der Waals surface area contributed by atoms with Gasteiger partial charge in [0.2, 0.25) is 0 Å². The number of hydrogen-bond donors (Lipinski definition) is 0. The maximum atomic E-state index is 12.1. The van der Waals surface area contributed by atoms with Crippen molar-refractivity contribution < 1.29 is 9.59 Å². The summed E-state index contributed by atoms with van der Waals surface area (Å²) in [6.07, 6.45) is 3.06. The number of ketones is 1. The minimum absolute atomic E-state index is 0.00366. The summed E-state index contributed by atoms with van der Waals surface area (Å²) < 4.78 is 0. The third-order valence-corrected chi connectivity index (χ3v) is 3.56. The number of carbonyl (C=O) groups excluding carboxylic acids is 2. The van der Waals surface area contributed by atoms with Gasteiger partial charge in [-0.15, -0.1) is 0 Å². The highest BCUT2D eigenvalue weighted by molar-refractivity contribution is 5.98. The number of rotatable bonds is 3. The largest absolute Gasteiger partial charge is 0.303 e. The Hall–Kier alpha value is -0.920. The van der Waals surface area contributed by atoms with Crippen LogP contribution in [0.5, 0.6) is 0 Å². The van der Waals surface area contributed by atoms with E-state index in [0.717, 1.165) is 18.3 Å². The van der Waals surface area contributed by atoms with Crippen LogP contribution in [0, 0.1) is 11.3 Å². The summed E-state index contributed by atoms with van der Waals surface area (Å²) in [7, 11) is 0. The summed E-state index contributed by atoms with van der Waals surface area (Å²) in [4.78, 5) is 22.5. The monoisotopic (exact) mass is 208 g/mol. The average molecular weight is 208 g/mol. The molecule has 0 aliphatic heterocycles. The Morgan fingerprint density at radius 3 is 2.53 bits per heavy atom. The van der Waals surface area contributed by atoms with E-state index in [0.29, 0.717) is 12.8 Å². The van der Waals surface area contributed by atoms with E-state index in [4.69, 9.17) is 0 Å². The maximum Gasteiger partial charge on any atom is 0.162 e. The van der Waals surface area contributed by atoms with Crippen LogP contribution in [0.2, 0.25) is 0 Å². The topological polar surface area (TPSA) is 34.1 Å². The van der Waals surface area contributed by atoms with Gasteiger partial charge >= 0.3 is 0 Å². The van der Waals surface area contributed by atoms with Crippen molar-refractivity contribution in [3.63, 3.8) is 0 Å². The van der Waals surface area contributed by atoms with E-state index in [1.54, 1.807) is 0 Å². The van der Waals surface area contributed by atoms with Crippen LogP contribution in [0.3, 0.4) is 0 Å². The molecule has 2 heteroatoms. The molecule has 0 spiro atoms. The Kier molecular flexibility index (Phi) is 3.48. The Bertz CT molecular complexity index is 310. The maximum absolute atomic E-state index is 12.1. The van der Waals surface area contributed by atoms with Gasteiger partial charge in [0.1, 0.15) is 6.29 Å². The minimum Gasteiger partial charge on any atom is -0.303 e. The van der Waals surface area contributed by atoms with Crippen LogP contribution in [0.1, 0.15) is 47.0 Å². The molecule has 0 saturated carbocycles. The molecule has 2 nitrogen and oxygen atoms in total. The van der Waals surface area contributed by atoms with Crippen molar-refractivity contribution in [2.75, 3.05) is 0 Å². The summed E-state index contributed by atoms with van der Waals surface area (Å²) in [6.45, 7) is 8.18. The molecule has 0 amide bonds. The summed E-state index contributed by atoms with van der Waals surface area (Å²) in [6, 6.07) is 0. The lowest BCUT2D eigenvalue weighted by Gasteiger charge is -2.38. The average Bonchev–Trinajstić information content (AvgIpc) is 2.14. The fourth-order valence-electron chi connectivity index (χ4n) is 2.52. The zero-order valence-electron chi connectivity index (χ0n) is 10.1. The highest BCUT2D eigenvalue weighted by Gasteiger charge is 2.39. The van der Waals surface area contributed by atoms with Gasteiger partial charge < -0.3 is 4.79 Å². The summed E-state index contributed by atoms with van der Waals surface area (Å²) in [5.41, 5.74) is 2.11. The van der Waals surface area contributed by atoms with Crippen LogP contribution < -0.4 is 0 Å². The third kappa shape index (κ3) is 2.36. The number of carbonyl (C=O) groups is 2. The summed E-state index contributed by atoms with van der Waals surface area (Å²) >= 11 is 0. The van der Waals surface area contributed by atoms with Crippen molar-refractivity contribution in [1.82, 2.24) is 0 Å². The van der Waals surface area contributed by atoms with Crippen molar-refractivity contribution in [2.24, 2.45) is 11.3 Å². The van der Waals surface area contributed by atoms with Gasteiger partial charge in [-0.25, -0.2) is 0 Å². The first-order valence-electron chi connectivity index (χ1n) is 5.54. The number of hydrogen-bond acceptors (Lipinski definition) is 2. The molecule has 1 rings (SSSR count). The lowest BCUT2D eigenvalue weighted by Crippen LogP contribution is -2.36. The van der Waals surface area contributed by atoms with Crippen LogP contribution in [-0.2, 0) is 9.59 Å². The van der Waals surface area contributed by atoms with Gasteiger partial charge in [0.25, 0.3) is 0 Å². The fraction of sp³-hybridized carbons (Fsp3) is 0.692. The molecule has 1 aliphatic rings. The second-order valence-corrected chi connectivity index (χ2v) is 5.23. The molecular weight excluding hydrogens is 188 g/mol. The van der Waals surface area contributed by atoms with E-state index in [9.17, 15) is 9.59 Å². The zero-order chi connectivity index (χ0) is 11.6. The molecule has 0 radical (unpaired) electrons. The molecule has 0 aromatic heterocycles.